The van der Waals surface area contributed by atoms with Gasteiger partial charge in [0.25, 0.3) is 5.91 Å². The van der Waals surface area contributed by atoms with Crippen molar-refractivity contribution in [3.63, 3.8) is 0 Å². The molecule has 1 aliphatic carbocycles. The van der Waals surface area contributed by atoms with Gasteiger partial charge in [-0.05, 0) is 38.2 Å². The predicted molar refractivity (Wildman–Crippen MR) is 86.6 cm³/mol. The zero-order chi connectivity index (χ0) is 16.8. The Kier molecular flexibility index (Phi) is 3.51. The monoisotopic (exact) mass is 328 g/mol. The van der Waals surface area contributed by atoms with E-state index in [1.54, 1.807) is 11.0 Å². The lowest BCUT2D eigenvalue weighted by Crippen LogP contribution is -2.46. The number of pyridine rings is 1. The van der Waals surface area contributed by atoms with Gasteiger partial charge in [0.1, 0.15) is 6.04 Å². The second-order valence-electron chi connectivity index (χ2n) is 6.86. The molecular weight excluding hydrogens is 308 g/mol. The van der Waals surface area contributed by atoms with E-state index < -0.39 is 12.0 Å². The zero-order valence-corrected chi connectivity index (χ0v) is 13.5. The lowest BCUT2D eigenvalue weighted by Gasteiger charge is -2.33. The maximum atomic E-state index is 13.1. The Labute approximate surface area is 139 Å². The summed E-state index contributed by atoms with van der Waals surface area (Å²) in [5.41, 5.74) is 1.85. The number of carboxylic acid groups (broad SMARTS) is 1. The number of aromatic nitrogens is 3. The molecule has 3 unspecified atom stereocenters. The van der Waals surface area contributed by atoms with E-state index in [1.807, 2.05) is 6.92 Å². The third-order valence-electron chi connectivity index (χ3n) is 5.45. The molecule has 2 aromatic rings. The molecule has 1 saturated carbocycles. The number of carbonyl (C=O) groups excluding carboxylic acids is 1. The number of aryl methyl sites for hydroxylation is 1. The van der Waals surface area contributed by atoms with Crippen molar-refractivity contribution in [1.29, 1.82) is 0 Å². The minimum atomic E-state index is -0.911. The normalized spacial score (nSPS) is 26.5. The molecule has 1 amide bonds. The van der Waals surface area contributed by atoms with E-state index in [-0.39, 0.29) is 11.9 Å². The third-order valence-corrected chi connectivity index (χ3v) is 5.45. The first kappa shape index (κ1) is 15.1. The van der Waals surface area contributed by atoms with E-state index in [0.717, 1.165) is 36.8 Å². The van der Waals surface area contributed by atoms with Crippen LogP contribution in [0, 0.1) is 12.8 Å². The third kappa shape index (κ3) is 2.26. The molecule has 2 fully saturated rings. The highest BCUT2D eigenvalue weighted by atomic mass is 16.4. The molecule has 7 heteroatoms. The molecular formula is C17H20N4O3. The molecule has 1 aliphatic heterocycles. The molecule has 2 aliphatic rings. The van der Waals surface area contributed by atoms with Crippen LogP contribution < -0.4 is 0 Å². The summed E-state index contributed by atoms with van der Waals surface area (Å²) in [6.45, 7) is 1.87. The van der Waals surface area contributed by atoms with E-state index in [1.165, 1.54) is 6.20 Å². The Hall–Kier alpha value is -2.44. The fourth-order valence-corrected chi connectivity index (χ4v) is 4.26. The van der Waals surface area contributed by atoms with E-state index in [0.29, 0.717) is 23.5 Å². The molecule has 3 heterocycles. The Bertz CT molecular complexity index is 815. The number of aromatic amines is 1. The number of hydrogen-bond acceptors (Lipinski definition) is 4. The summed E-state index contributed by atoms with van der Waals surface area (Å²) in [5.74, 6) is -0.839. The molecule has 0 spiro atoms. The molecule has 2 aromatic heterocycles. The van der Waals surface area contributed by atoms with Gasteiger partial charge in [-0.1, -0.05) is 12.8 Å². The Morgan fingerprint density at radius 2 is 2.12 bits per heavy atom. The molecule has 0 aromatic carbocycles. The summed E-state index contributed by atoms with van der Waals surface area (Å²) in [7, 11) is 0. The van der Waals surface area contributed by atoms with Crippen LogP contribution in [0.25, 0.3) is 11.0 Å². The number of aliphatic carboxylic acids is 1. The van der Waals surface area contributed by atoms with Gasteiger partial charge in [-0.25, -0.2) is 9.78 Å². The quantitative estimate of drug-likeness (QED) is 0.880. The van der Waals surface area contributed by atoms with E-state index in [9.17, 15) is 14.7 Å². The van der Waals surface area contributed by atoms with Crippen LogP contribution >= 0.6 is 0 Å². The van der Waals surface area contributed by atoms with Gasteiger partial charge in [-0.3, -0.25) is 9.89 Å². The number of rotatable bonds is 2. The first-order valence-electron chi connectivity index (χ1n) is 8.42. The topological polar surface area (TPSA) is 99.2 Å². The maximum absolute atomic E-state index is 13.1. The minimum Gasteiger partial charge on any atom is -0.480 e. The molecule has 0 radical (unpaired) electrons. The summed E-state index contributed by atoms with van der Waals surface area (Å²) < 4.78 is 0. The summed E-state index contributed by atoms with van der Waals surface area (Å²) >= 11 is 0. The molecule has 2 N–H and O–H groups in total. The van der Waals surface area contributed by atoms with Gasteiger partial charge in [0.15, 0.2) is 5.65 Å². The van der Waals surface area contributed by atoms with E-state index >= 15 is 0 Å². The van der Waals surface area contributed by atoms with Crippen LogP contribution in [0.2, 0.25) is 0 Å². The zero-order valence-electron chi connectivity index (χ0n) is 13.5. The van der Waals surface area contributed by atoms with Crippen LogP contribution in [-0.4, -0.2) is 49.1 Å². The van der Waals surface area contributed by atoms with Crippen molar-refractivity contribution < 1.29 is 14.7 Å². The van der Waals surface area contributed by atoms with Crippen molar-refractivity contribution in [1.82, 2.24) is 20.1 Å². The first-order chi connectivity index (χ1) is 11.6. The molecule has 1 saturated heterocycles. The highest BCUT2D eigenvalue weighted by Gasteiger charge is 2.47. The van der Waals surface area contributed by atoms with Gasteiger partial charge in [0.2, 0.25) is 0 Å². The van der Waals surface area contributed by atoms with Gasteiger partial charge in [0.05, 0.1) is 5.56 Å². The number of likely N-dealkylation sites (tertiary alicyclic amines) is 1. The number of carbonyl (C=O) groups is 2. The molecule has 4 rings (SSSR count). The van der Waals surface area contributed by atoms with Crippen LogP contribution in [0.5, 0.6) is 0 Å². The minimum absolute atomic E-state index is 0.0356. The standard InChI is InChI=1S/C17H20N4O3/c1-9-12-6-11(8-18-15(12)20-19-9)16(22)21-13-5-3-2-4-10(13)7-14(21)17(23)24/h6,8,10,13-14H,2-5,7H2,1H3,(H,23,24)(H,18,19,20). The van der Waals surface area contributed by atoms with Crippen molar-refractivity contribution in [2.45, 2.75) is 51.1 Å². The number of H-pyrrole nitrogens is 1. The Morgan fingerprint density at radius 3 is 2.92 bits per heavy atom. The van der Waals surface area contributed by atoms with Gasteiger partial charge < -0.3 is 10.0 Å². The number of nitrogens with one attached hydrogen (secondary N) is 1. The van der Waals surface area contributed by atoms with Crippen molar-refractivity contribution in [2.75, 3.05) is 0 Å². The number of hydrogen-bond donors (Lipinski definition) is 2. The maximum Gasteiger partial charge on any atom is 0.326 e. The van der Waals surface area contributed by atoms with Crippen molar-refractivity contribution in [2.24, 2.45) is 5.92 Å². The van der Waals surface area contributed by atoms with Crippen molar-refractivity contribution in [3.8, 4) is 0 Å². The summed E-state index contributed by atoms with van der Waals surface area (Å²) in [6, 6.07) is 1.07. The van der Waals surface area contributed by atoms with Gasteiger partial charge >= 0.3 is 5.97 Å². The van der Waals surface area contributed by atoms with Crippen LogP contribution in [0.15, 0.2) is 12.3 Å². The average Bonchev–Trinajstić information content (AvgIpc) is 3.15. The molecule has 3 atom stereocenters. The van der Waals surface area contributed by atoms with Crippen LogP contribution in [-0.2, 0) is 4.79 Å². The fourth-order valence-electron chi connectivity index (χ4n) is 4.26. The van der Waals surface area contributed by atoms with E-state index in [2.05, 4.69) is 15.2 Å². The number of nitrogens with zero attached hydrogens (tertiary/aromatic N) is 3. The van der Waals surface area contributed by atoms with Crippen LogP contribution in [0.3, 0.4) is 0 Å². The number of fused-ring (bicyclic) bond motifs is 2. The number of carboxylic acids is 1. The first-order valence-corrected chi connectivity index (χ1v) is 8.42. The van der Waals surface area contributed by atoms with E-state index in [4.69, 9.17) is 0 Å². The van der Waals surface area contributed by atoms with Crippen molar-refractivity contribution >= 4 is 22.9 Å². The lowest BCUT2D eigenvalue weighted by atomic mass is 9.84. The summed E-state index contributed by atoms with van der Waals surface area (Å²) in [6.07, 6.45) is 6.13. The predicted octanol–water partition coefficient (Wildman–Crippen LogP) is 2.12. The fraction of sp³-hybridized carbons (Fsp3) is 0.529. The van der Waals surface area contributed by atoms with Crippen molar-refractivity contribution in [3.05, 3.63) is 23.5 Å². The van der Waals surface area contributed by atoms with Gasteiger partial charge in [-0.2, -0.15) is 5.10 Å². The molecule has 0 bridgehead atoms. The Morgan fingerprint density at radius 1 is 1.33 bits per heavy atom. The second-order valence-corrected chi connectivity index (χ2v) is 6.86. The average molecular weight is 328 g/mol. The molecule has 7 nitrogen and oxygen atoms in total. The van der Waals surface area contributed by atoms with Gasteiger partial charge in [0, 0.05) is 23.3 Å². The molecule has 126 valence electrons. The summed E-state index contributed by atoms with van der Waals surface area (Å²) in [5, 5.41) is 17.3. The van der Waals surface area contributed by atoms with Gasteiger partial charge in [-0.15, -0.1) is 0 Å². The largest absolute Gasteiger partial charge is 0.480 e. The summed E-state index contributed by atoms with van der Waals surface area (Å²) in [4.78, 5) is 30.6. The Balaban J connectivity index is 1.71. The van der Waals surface area contributed by atoms with Crippen LogP contribution in [0.4, 0.5) is 0 Å². The smallest absolute Gasteiger partial charge is 0.326 e. The van der Waals surface area contributed by atoms with Crippen LogP contribution in [0.1, 0.15) is 48.2 Å². The highest BCUT2D eigenvalue weighted by Crippen LogP contribution is 2.40. The molecule has 24 heavy (non-hydrogen) atoms. The SMILES string of the molecule is Cc1[nH]nc2ncc(C(=O)N3C(C(=O)O)CC4CCCCC43)cc12. The highest BCUT2D eigenvalue weighted by molar-refractivity contribution is 5.99. The lowest BCUT2D eigenvalue weighted by molar-refractivity contribution is -0.141. The number of amides is 1. The second kappa shape index (κ2) is 5.58.